The van der Waals surface area contributed by atoms with Crippen LogP contribution in [0, 0.1) is 5.41 Å². The molecule has 1 rings (SSSR count). The molecule has 110 valence electrons. The van der Waals surface area contributed by atoms with Crippen LogP contribution in [-0.2, 0) is 15.6 Å². The molecule has 6 heteroatoms. The van der Waals surface area contributed by atoms with Crippen molar-refractivity contribution in [2.45, 2.75) is 51.5 Å². The maximum Gasteiger partial charge on any atom is 0.233 e. The molecule has 0 radical (unpaired) electrons. The second kappa shape index (κ2) is 7.33. The van der Waals surface area contributed by atoms with E-state index in [1.807, 2.05) is 6.92 Å². The van der Waals surface area contributed by atoms with Crippen molar-refractivity contribution in [1.82, 2.24) is 5.32 Å². The van der Waals surface area contributed by atoms with Crippen LogP contribution in [0.4, 0.5) is 0 Å². The van der Waals surface area contributed by atoms with E-state index in [2.05, 4.69) is 5.32 Å². The quantitative estimate of drug-likeness (QED) is 0.729. The highest BCUT2D eigenvalue weighted by atomic mass is 32.2. The first-order valence-corrected chi connectivity index (χ1v) is 8.93. The first-order valence-electron chi connectivity index (χ1n) is 6.79. The fraction of sp³-hybridized carbons (Fsp3) is 0.846. The number of nitrogens with one attached hydrogen (secondary N) is 1. The molecule has 1 fully saturated rings. The first-order chi connectivity index (χ1) is 8.88. The van der Waals surface area contributed by atoms with Crippen molar-refractivity contribution in [3.63, 3.8) is 0 Å². The largest absolute Gasteiger partial charge is 0.392 e. The number of rotatable bonds is 6. The fourth-order valence-electron chi connectivity index (χ4n) is 2.52. The minimum atomic E-state index is -0.827. The van der Waals surface area contributed by atoms with Crippen LogP contribution in [0.5, 0.6) is 0 Å². The van der Waals surface area contributed by atoms with Gasteiger partial charge in [-0.1, -0.05) is 31.5 Å². The predicted molar refractivity (Wildman–Crippen MR) is 83.5 cm³/mol. The van der Waals surface area contributed by atoms with Gasteiger partial charge in [-0.25, -0.2) is 0 Å². The smallest absolute Gasteiger partial charge is 0.233 e. The van der Waals surface area contributed by atoms with Gasteiger partial charge in [0.2, 0.25) is 5.91 Å². The first kappa shape index (κ1) is 16.6. The van der Waals surface area contributed by atoms with Crippen molar-refractivity contribution in [3.8, 4) is 0 Å². The van der Waals surface area contributed by atoms with Gasteiger partial charge in [0.1, 0.15) is 0 Å². The molecule has 1 saturated carbocycles. The Hall–Kier alpha value is -0.490. The fourth-order valence-corrected chi connectivity index (χ4v) is 3.50. The van der Waals surface area contributed by atoms with Crippen LogP contribution >= 0.6 is 12.2 Å². The highest BCUT2D eigenvalue weighted by molar-refractivity contribution is 7.84. The molecule has 1 aliphatic rings. The average Bonchev–Trinajstić information content (AvgIpc) is 2.36. The predicted octanol–water partition coefficient (Wildman–Crippen LogP) is 1.50. The molecule has 0 aromatic heterocycles. The van der Waals surface area contributed by atoms with E-state index in [0.29, 0.717) is 17.2 Å². The molecular weight excluding hydrogens is 280 g/mol. The second-order valence-corrected chi connectivity index (χ2v) is 7.44. The van der Waals surface area contributed by atoms with Gasteiger partial charge in [0.15, 0.2) is 0 Å². The molecule has 0 aromatic carbocycles. The topological polar surface area (TPSA) is 72.2 Å². The third-order valence-corrected chi connectivity index (χ3v) is 5.03. The summed E-state index contributed by atoms with van der Waals surface area (Å²) in [5.74, 6) is 0.552. The molecule has 0 heterocycles. The van der Waals surface area contributed by atoms with Crippen molar-refractivity contribution < 1.29 is 9.00 Å². The zero-order valence-electron chi connectivity index (χ0n) is 11.7. The summed E-state index contributed by atoms with van der Waals surface area (Å²) in [6.07, 6.45) is 7.02. The monoisotopic (exact) mass is 304 g/mol. The number of nitrogens with two attached hydrogens (primary N) is 1. The molecule has 1 amide bonds. The summed E-state index contributed by atoms with van der Waals surface area (Å²) in [6.45, 7) is 1.93. The van der Waals surface area contributed by atoms with Gasteiger partial charge in [-0.3, -0.25) is 9.00 Å². The Morgan fingerprint density at radius 3 is 2.47 bits per heavy atom. The minimum absolute atomic E-state index is 0.00421. The van der Waals surface area contributed by atoms with Gasteiger partial charge in [-0.2, -0.15) is 0 Å². The summed E-state index contributed by atoms with van der Waals surface area (Å²) < 4.78 is 11.1. The van der Waals surface area contributed by atoms with E-state index in [-0.39, 0.29) is 11.9 Å². The van der Waals surface area contributed by atoms with Gasteiger partial charge >= 0.3 is 0 Å². The summed E-state index contributed by atoms with van der Waals surface area (Å²) in [4.78, 5) is 12.8. The number of thiocarbonyl (C=S) groups is 1. The van der Waals surface area contributed by atoms with Crippen molar-refractivity contribution in [2.24, 2.45) is 11.1 Å². The minimum Gasteiger partial charge on any atom is -0.392 e. The van der Waals surface area contributed by atoms with E-state index in [4.69, 9.17) is 18.0 Å². The van der Waals surface area contributed by atoms with E-state index >= 15 is 0 Å². The maximum absolute atomic E-state index is 12.5. The molecule has 1 aliphatic carbocycles. The number of carbonyl (C=O) groups excluding carboxylic acids is 1. The molecule has 2 atom stereocenters. The van der Waals surface area contributed by atoms with Gasteiger partial charge < -0.3 is 11.1 Å². The lowest BCUT2D eigenvalue weighted by molar-refractivity contribution is -0.129. The molecule has 0 spiro atoms. The van der Waals surface area contributed by atoms with Crippen molar-refractivity contribution in [2.75, 3.05) is 12.0 Å². The lowest BCUT2D eigenvalue weighted by Crippen LogP contribution is -2.52. The summed E-state index contributed by atoms with van der Waals surface area (Å²) in [5.41, 5.74) is 5.16. The number of carbonyl (C=O) groups is 1. The van der Waals surface area contributed by atoms with Crippen molar-refractivity contribution in [3.05, 3.63) is 0 Å². The highest BCUT2D eigenvalue weighted by Gasteiger charge is 2.42. The molecular formula is C13H24N2O2S2. The number of amides is 1. The Balaban J connectivity index is 2.62. The van der Waals surface area contributed by atoms with E-state index in [1.165, 1.54) is 0 Å². The van der Waals surface area contributed by atoms with E-state index < -0.39 is 16.2 Å². The molecule has 3 N–H and O–H groups in total. The van der Waals surface area contributed by atoms with Crippen LogP contribution < -0.4 is 11.1 Å². The van der Waals surface area contributed by atoms with Crippen LogP contribution in [0.15, 0.2) is 0 Å². The van der Waals surface area contributed by atoms with Crippen LogP contribution in [-0.4, -0.2) is 33.2 Å². The number of hydrogen-bond donors (Lipinski definition) is 2. The van der Waals surface area contributed by atoms with Gasteiger partial charge in [-0.05, 0) is 26.2 Å². The molecule has 4 nitrogen and oxygen atoms in total. The summed E-state index contributed by atoms with van der Waals surface area (Å²) in [7, 11) is -0.827. The lowest BCUT2D eigenvalue weighted by atomic mass is 9.73. The Labute approximate surface area is 123 Å². The number of hydrogen-bond acceptors (Lipinski definition) is 3. The van der Waals surface area contributed by atoms with Crippen LogP contribution in [0.1, 0.15) is 45.4 Å². The van der Waals surface area contributed by atoms with E-state index in [0.717, 1.165) is 32.1 Å². The van der Waals surface area contributed by atoms with Crippen molar-refractivity contribution >= 4 is 33.9 Å². The Bertz CT molecular complexity index is 366. The van der Waals surface area contributed by atoms with E-state index in [1.54, 1.807) is 6.26 Å². The second-order valence-electron chi connectivity index (χ2n) is 5.45. The van der Waals surface area contributed by atoms with Gasteiger partial charge in [0.25, 0.3) is 0 Å². The standard InChI is InChI=1S/C13H24N2O2S2/c1-10(6-9-19(2)17)15-12(16)13(11(14)18)7-4-3-5-8-13/h10H,3-9H2,1-2H3,(H2,14,18)(H,15,16). The zero-order chi connectivity index (χ0) is 14.5. The Kier molecular flexibility index (Phi) is 6.39. The third-order valence-electron chi connectivity index (χ3n) is 3.83. The molecule has 0 bridgehead atoms. The van der Waals surface area contributed by atoms with Crippen LogP contribution in [0.2, 0.25) is 0 Å². The molecule has 19 heavy (non-hydrogen) atoms. The normalized spacial score (nSPS) is 21.4. The lowest BCUT2D eigenvalue weighted by Gasteiger charge is -2.35. The average molecular weight is 304 g/mol. The van der Waals surface area contributed by atoms with Gasteiger partial charge in [0.05, 0.1) is 10.4 Å². The van der Waals surface area contributed by atoms with Gasteiger partial charge in [-0.15, -0.1) is 0 Å². The molecule has 0 saturated heterocycles. The molecule has 0 aliphatic heterocycles. The third kappa shape index (κ3) is 4.53. The molecule has 0 aromatic rings. The summed E-state index contributed by atoms with van der Waals surface area (Å²) in [6, 6.07) is 0.00421. The maximum atomic E-state index is 12.5. The summed E-state index contributed by atoms with van der Waals surface area (Å²) >= 11 is 5.13. The van der Waals surface area contributed by atoms with Crippen molar-refractivity contribution in [1.29, 1.82) is 0 Å². The Morgan fingerprint density at radius 1 is 1.42 bits per heavy atom. The van der Waals surface area contributed by atoms with E-state index in [9.17, 15) is 9.00 Å². The Morgan fingerprint density at radius 2 is 2.00 bits per heavy atom. The van der Waals surface area contributed by atoms with Gasteiger partial charge in [0, 0.05) is 28.9 Å². The van der Waals surface area contributed by atoms with Crippen LogP contribution in [0.25, 0.3) is 0 Å². The summed E-state index contributed by atoms with van der Waals surface area (Å²) in [5, 5.41) is 2.99. The molecule has 2 unspecified atom stereocenters. The zero-order valence-corrected chi connectivity index (χ0v) is 13.4. The van der Waals surface area contributed by atoms with Crippen LogP contribution in [0.3, 0.4) is 0 Å². The highest BCUT2D eigenvalue weighted by Crippen LogP contribution is 2.37. The SMILES string of the molecule is CC(CCS(C)=O)NC(=O)C1(C(N)=S)CCCCC1.